The molecule has 1 N–H and O–H groups in total. The van der Waals surface area contributed by atoms with Gasteiger partial charge in [-0.2, -0.15) is 4.31 Å². The summed E-state index contributed by atoms with van der Waals surface area (Å²) in [5.74, 6) is 1.92. The molecular weight excluding hydrogens is 442 g/mol. The third-order valence-electron chi connectivity index (χ3n) is 5.15. The van der Waals surface area contributed by atoms with E-state index in [-0.39, 0.29) is 11.4 Å². The second-order valence-corrected chi connectivity index (χ2v) is 9.91. The number of nitrogens with one attached hydrogen (secondary N) is 1. The van der Waals surface area contributed by atoms with Gasteiger partial charge in [0.2, 0.25) is 10.0 Å². The van der Waals surface area contributed by atoms with Crippen LogP contribution in [-0.2, 0) is 16.6 Å². The first-order valence-corrected chi connectivity index (χ1v) is 12.0. The van der Waals surface area contributed by atoms with E-state index in [0.29, 0.717) is 23.1 Å². The van der Waals surface area contributed by atoms with Gasteiger partial charge in [-0.15, -0.1) is 0 Å². The number of aromatic nitrogens is 2. The molecule has 0 saturated carbocycles. The van der Waals surface area contributed by atoms with Crippen molar-refractivity contribution in [3.8, 4) is 11.5 Å². The molecule has 0 radical (unpaired) electrons. The summed E-state index contributed by atoms with van der Waals surface area (Å²) in [6, 6.07) is 12.2. The van der Waals surface area contributed by atoms with Gasteiger partial charge in [-0.3, -0.25) is 0 Å². The number of sulfonamides is 1. The lowest BCUT2D eigenvalue weighted by Crippen LogP contribution is -2.27. The monoisotopic (exact) mass is 473 g/mol. The van der Waals surface area contributed by atoms with E-state index in [9.17, 15) is 8.42 Å². The van der Waals surface area contributed by atoms with Gasteiger partial charge in [0.25, 0.3) is 0 Å². The lowest BCUT2D eigenvalue weighted by molar-refractivity contribution is 0.353. The van der Waals surface area contributed by atoms with Gasteiger partial charge < -0.3 is 19.7 Å². The minimum Gasteiger partial charge on any atom is -0.493 e. The Morgan fingerprint density at radius 3 is 2.39 bits per heavy atom. The SMILES string of the molecule is COc1ccc(S(=O)(=O)N(C)Cc2nc(NCCCN(C)C)c3ccccc3n2)cc1OC. The number of hydrogen-bond donors (Lipinski definition) is 1. The molecule has 0 spiro atoms. The van der Waals surface area contributed by atoms with Gasteiger partial charge in [0.1, 0.15) is 11.6 Å². The van der Waals surface area contributed by atoms with Crippen LogP contribution in [0.25, 0.3) is 10.9 Å². The Balaban J connectivity index is 1.86. The zero-order chi connectivity index (χ0) is 24.0. The molecule has 9 nitrogen and oxygen atoms in total. The quantitative estimate of drug-likeness (QED) is 0.425. The second kappa shape index (κ2) is 10.8. The van der Waals surface area contributed by atoms with Crippen LogP contribution in [0, 0.1) is 0 Å². The maximum absolute atomic E-state index is 13.2. The van der Waals surface area contributed by atoms with Crippen molar-refractivity contribution in [2.24, 2.45) is 0 Å². The van der Waals surface area contributed by atoms with Gasteiger partial charge >= 0.3 is 0 Å². The highest BCUT2D eigenvalue weighted by Crippen LogP contribution is 2.30. The van der Waals surface area contributed by atoms with E-state index in [0.717, 1.165) is 30.4 Å². The molecule has 0 aliphatic rings. The summed E-state index contributed by atoms with van der Waals surface area (Å²) >= 11 is 0. The van der Waals surface area contributed by atoms with Crippen LogP contribution in [0.15, 0.2) is 47.4 Å². The number of nitrogens with zero attached hydrogens (tertiary/aromatic N) is 4. The largest absolute Gasteiger partial charge is 0.493 e. The molecule has 3 aromatic rings. The van der Waals surface area contributed by atoms with Crippen LogP contribution in [0.5, 0.6) is 11.5 Å². The molecule has 1 aromatic heterocycles. The average molecular weight is 474 g/mol. The molecule has 0 amide bonds. The normalized spacial score (nSPS) is 11.8. The highest BCUT2D eigenvalue weighted by atomic mass is 32.2. The van der Waals surface area contributed by atoms with Crippen molar-refractivity contribution in [2.75, 3.05) is 53.8 Å². The van der Waals surface area contributed by atoms with Gasteiger partial charge in [0, 0.05) is 25.0 Å². The van der Waals surface area contributed by atoms with E-state index < -0.39 is 10.0 Å². The Morgan fingerprint density at radius 2 is 1.70 bits per heavy atom. The van der Waals surface area contributed by atoms with Crippen LogP contribution in [-0.4, -0.2) is 76.0 Å². The van der Waals surface area contributed by atoms with Crippen molar-refractivity contribution in [3.63, 3.8) is 0 Å². The summed E-state index contributed by atoms with van der Waals surface area (Å²) in [5.41, 5.74) is 0.759. The van der Waals surface area contributed by atoms with Crippen LogP contribution < -0.4 is 14.8 Å². The zero-order valence-electron chi connectivity index (χ0n) is 19.7. The third kappa shape index (κ3) is 5.89. The van der Waals surface area contributed by atoms with Crippen molar-refractivity contribution in [2.45, 2.75) is 17.9 Å². The van der Waals surface area contributed by atoms with Crippen molar-refractivity contribution >= 4 is 26.7 Å². The number of anilines is 1. The minimum atomic E-state index is -3.80. The van der Waals surface area contributed by atoms with Gasteiger partial charge in [0.05, 0.1) is 31.2 Å². The van der Waals surface area contributed by atoms with E-state index >= 15 is 0 Å². The molecule has 178 valence electrons. The molecule has 10 heteroatoms. The number of methoxy groups -OCH3 is 2. The Morgan fingerprint density at radius 1 is 0.970 bits per heavy atom. The van der Waals surface area contributed by atoms with Gasteiger partial charge in [-0.1, -0.05) is 12.1 Å². The molecule has 0 saturated heterocycles. The number of hydrogen-bond acceptors (Lipinski definition) is 8. The minimum absolute atomic E-state index is 0.0217. The summed E-state index contributed by atoms with van der Waals surface area (Å²) < 4.78 is 38.0. The Hall–Kier alpha value is -2.95. The highest BCUT2D eigenvalue weighted by molar-refractivity contribution is 7.89. The Kier molecular flexibility index (Phi) is 8.06. The standard InChI is InChI=1S/C23H31N5O4S/c1-27(2)14-8-13-24-23-18-9-6-7-10-19(18)25-22(26-23)16-28(3)33(29,30)17-11-12-20(31-4)21(15-17)32-5/h6-7,9-12,15H,8,13-14,16H2,1-5H3,(H,24,25,26). The maximum atomic E-state index is 13.2. The molecular formula is C23H31N5O4S. The van der Waals surface area contributed by atoms with Crippen molar-refractivity contribution < 1.29 is 17.9 Å². The second-order valence-electron chi connectivity index (χ2n) is 7.87. The summed E-state index contributed by atoms with van der Waals surface area (Å²) in [6.45, 7) is 1.72. The smallest absolute Gasteiger partial charge is 0.243 e. The summed E-state index contributed by atoms with van der Waals surface area (Å²) in [5, 5.41) is 4.28. The number of para-hydroxylation sites is 1. The first-order chi connectivity index (χ1) is 15.8. The molecule has 0 fully saturated rings. The van der Waals surface area contributed by atoms with Crippen molar-refractivity contribution in [1.29, 1.82) is 0 Å². The Labute approximate surface area is 195 Å². The van der Waals surface area contributed by atoms with E-state index in [1.54, 1.807) is 6.07 Å². The van der Waals surface area contributed by atoms with Gasteiger partial charge in [-0.05, 0) is 51.3 Å². The maximum Gasteiger partial charge on any atom is 0.243 e. The summed E-state index contributed by atoms with van der Waals surface area (Å²) in [4.78, 5) is 11.5. The van der Waals surface area contributed by atoms with Crippen LogP contribution in [0.2, 0.25) is 0 Å². The van der Waals surface area contributed by atoms with Crippen LogP contribution in [0.3, 0.4) is 0 Å². The van der Waals surface area contributed by atoms with E-state index in [4.69, 9.17) is 9.47 Å². The molecule has 1 heterocycles. The van der Waals surface area contributed by atoms with Crippen LogP contribution >= 0.6 is 0 Å². The topological polar surface area (TPSA) is 96.9 Å². The molecule has 0 bridgehead atoms. The molecule has 33 heavy (non-hydrogen) atoms. The Bertz CT molecular complexity index is 1200. The van der Waals surface area contributed by atoms with Crippen molar-refractivity contribution in [1.82, 2.24) is 19.2 Å². The number of ether oxygens (including phenoxy) is 2. The number of rotatable bonds is 11. The number of benzene rings is 2. The predicted octanol–water partition coefficient (Wildman–Crippen LogP) is 2.83. The molecule has 3 rings (SSSR count). The first kappa shape index (κ1) is 24.7. The summed E-state index contributed by atoms with van der Waals surface area (Å²) in [7, 11) is 4.75. The molecule has 0 atom stereocenters. The van der Waals surface area contributed by atoms with E-state index in [1.165, 1.54) is 37.7 Å². The predicted molar refractivity (Wildman–Crippen MR) is 129 cm³/mol. The number of fused-ring (bicyclic) bond motifs is 1. The van der Waals surface area contributed by atoms with Gasteiger partial charge in [-0.25, -0.2) is 18.4 Å². The molecule has 0 aliphatic heterocycles. The van der Waals surface area contributed by atoms with Crippen molar-refractivity contribution in [3.05, 3.63) is 48.3 Å². The summed E-state index contributed by atoms with van der Waals surface area (Å²) in [6.07, 6.45) is 0.953. The molecule has 0 unspecified atom stereocenters. The fourth-order valence-electron chi connectivity index (χ4n) is 3.37. The molecule has 0 aliphatic carbocycles. The fourth-order valence-corrected chi connectivity index (χ4v) is 4.51. The lowest BCUT2D eigenvalue weighted by atomic mass is 10.2. The first-order valence-electron chi connectivity index (χ1n) is 10.6. The zero-order valence-corrected chi connectivity index (χ0v) is 20.5. The van der Waals surface area contributed by atoms with E-state index in [2.05, 4.69) is 20.2 Å². The average Bonchev–Trinajstić information content (AvgIpc) is 2.80. The van der Waals surface area contributed by atoms with Crippen LogP contribution in [0.1, 0.15) is 12.2 Å². The lowest BCUT2D eigenvalue weighted by Gasteiger charge is -2.18. The highest BCUT2D eigenvalue weighted by Gasteiger charge is 2.24. The van der Waals surface area contributed by atoms with E-state index in [1.807, 2.05) is 38.4 Å². The molecule has 2 aromatic carbocycles. The van der Waals surface area contributed by atoms with Crippen LogP contribution in [0.4, 0.5) is 5.82 Å². The fraction of sp³-hybridized carbons (Fsp3) is 0.391. The van der Waals surface area contributed by atoms with Gasteiger partial charge in [0.15, 0.2) is 11.5 Å². The third-order valence-corrected chi connectivity index (χ3v) is 6.95.